The van der Waals surface area contributed by atoms with Crippen LogP contribution in [0.4, 0.5) is 0 Å². The summed E-state index contributed by atoms with van der Waals surface area (Å²) in [6.07, 6.45) is -0.761. The second-order valence-electron chi connectivity index (χ2n) is 4.73. The van der Waals surface area contributed by atoms with Crippen molar-refractivity contribution in [2.45, 2.75) is 6.10 Å². The maximum Gasteiger partial charge on any atom is 0.140 e. The van der Waals surface area contributed by atoms with Gasteiger partial charge < -0.3 is 5.11 Å². The van der Waals surface area contributed by atoms with Crippen molar-refractivity contribution >= 4 is 33.4 Å². The number of fused-ring (bicyclic) bond motifs is 1. The van der Waals surface area contributed by atoms with Gasteiger partial charge in [0.05, 0.1) is 0 Å². The maximum absolute atomic E-state index is 10.1. The molecule has 1 nitrogen and oxygen atoms in total. The summed E-state index contributed by atoms with van der Waals surface area (Å²) in [5.74, 6) is 6.06. The van der Waals surface area contributed by atoms with Gasteiger partial charge in [0, 0.05) is 14.5 Å². The number of benzene rings is 3. The lowest BCUT2D eigenvalue weighted by Crippen LogP contribution is -1.93. The highest BCUT2D eigenvalue weighted by molar-refractivity contribution is 14.1. The van der Waals surface area contributed by atoms with Crippen molar-refractivity contribution in [1.82, 2.24) is 0 Å². The minimum Gasteiger partial charge on any atom is -0.376 e. The second-order valence-corrected chi connectivity index (χ2v) is 5.89. The molecule has 3 aromatic rings. The molecule has 3 rings (SSSR count). The first-order valence-electron chi connectivity index (χ1n) is 6.67. The fourth-order valence-corrected chi connectivity index (χ4v) is 3.07. The van der Waals surface area contributed by atoms with Gasteiger partial charge in [0.15, 0.2) is 0 Å². The highest BCUT2D eigenvalue weighted by atomic mass is 127. The Kier molecular flexibility index (Phi) is 4.23. The van der Waals surface area contributed by atoms with Crippen LogP contribution >= 0.6 is 22.6 Å². The molecule has 0 fully saturated rings. The van der Waals surface area contributed by atoms with E-state index < -0.39 is 6.10 Å². The van der Waals surface area contributed by atoms with Crippen LogP contribution in [0.25, 0.3) is 10.8 Å². The van der Waals surface area contributed by atoms with Crippen molar-refractivity contribution < 1.29 is 5.11 Å². The third-order valence-electron chi connectivity index (χ3n) is 3.31. The summed E-state index contributed by atoms with van der Waals surface area (Å²) in [5.41, 5.74) is 1.77. The van der Waals surface area contributed by atoms with Crippen LogP contribution in [0, 0.1) is 15.4 Å². The van der Waals surface area contributed by atoms with Crippen LogP contribution in [-0.2, 0) is 0 Å². The average molecular weight is 384 g/mol. The van der Waals surface area contributed by atoms with Gasteiger partial charge in [-0.15, -0.1) is 0 Å². The zero-order valence-electron chi connectivity index (χ0n) is 11.3. The van der Waals surface area contributed by atoms with Crippen LogP contribution < -0.4 is 0 Å². The Hall–Kier alpha value is -1.83. The summed E-state index contributed by atoms with van der Waals surface area (Å²) >= 11 is 2.32. The Morgan fingerprint density at radius 2 is 1.57 bits per heavy atom. The van der Waals surface area contributed by atoms with E-state index in [1.165, 1.54) is 8.96 Å². The summed E-state index contributed by atoms with van der Waals surface area (Å²) in [6.45, 7) is 0. The minimum absolute atomic E-state index is 0.761. The standard InChI is InChI=1S/C19H13IO/c20-17-11-5-10-15-8-4-9-16(19(15)17)12-13-18(21)14-6-2-1-3-7-14/h1-11,18,21H. The number of rotatable bonds is 1. The summed E-state index contributed by atoms with van der Waals surface area (Å²) in [5, 5.41) is 12.5. The van der Waals surface area contributed by atoms with E-state index in [-0.39, 0.29) is 0 Å². The maximum atomic E-state index is 10.1. The van der Waals surface area contributed by atoms with Gasteiger partial charge in [-0.25, -0.2) is 0 Å². The van der Waals surface area contributed by atoms with E-state index in [9.17, 15) is 5.11 Å². The third kappa shape index (κ3) is 3.10. The number of aliphatic hydroxyl groups is 1. The largest absolute Gasteiger partial charge is 0.376 e. The first kappa shape index (κ1) is 14.1. The molecule has 0 aliphatic rings. The van der Waals surface area contributed by atoms with Gasteiger partial charge in [0.1, 0.15) is 6.10 Å². The van der Waals surface area contributed by atoms with Crippen LogP contribution in [0.3, 0.4) is 0 Å². The van der Waals surface area contributed by atoms with Gasteiger partial charge in [-0.3, -0.25) is 0 Å². The first-order chi connectivity index (χ1) is 10.3. The van der Waals surface area contributed by atoms with E-state index >= 15 is 0 Å². The lowest BCUT2D eigenvalue weighted by molar-refractivity contribution is 0.238. The summed E-state index contributed by atoms with van der Waals surface area (Å²) in [6, 6.07) is 21.8. The molecule has 21 heavy (non-hydrogen) atoms. The molecule has 0 aliphatic carbocycles. The van der Waals surface area contributed by atoms with Gasteiger partial charge in [-0.2, -0.15) is 0 Å². The molecule has 0 amide bonds. The van der Waals surface area contributed by atoms with Crippen molar-refractivity contribution in [1.29, 1.82) is 0 Å². The molecule has 0 saturated carbocycles. The minimum atomic E-state index is -0.761. The smallest absolute Gasteiger partial charge is 0.140 e. The average Bonchev–Trinajstić information content (AvgIpc) is 2.53. The molecule has 0 bridgehead atoms. The van der Waals surface area contributed by atoms with Gasteiger partial charge in [0.25, 0.3) is 0 Å². The zero-order valence-corrected chi connectivity index (χ0v) is 13.4. The molecule has 1 N–H and O–H groups in total. The molecule has 0 aliphatic heterocycles. The molecule has 2 heteroatoms. The molecule has 0 saturated heterocycles. The van der Waals surface area contributed by atoms with Crippen LogP contribution in [0.2, 0.25) is 0 Å². The number of hydrogen-bond acceptors (Lipinski definition) is 1. The van der Waals surface area contributed by atoms with E-state index in [2.05, 4.69) is 52.6 Å². The SMILES string of the molecule is OC(C#Cc1cccc2cccc(I)c12)c1ccccc1. The highest BCUT2D eigenvalue weighted by Gasteiger charge is 2.04. The Morgan fingerprint density at radius 1 is 0.857 bits per heavy atom. The summed E-state index contributed by atoms with van der Waals surface area (Å²) < 4.78 is 1.17. The molecule has 3 aromatic carbocycles. The van der Waals surface area contributed by atoms with Crippen molar-refractivity contribution in [3.63, 3.8) is 0 Å². The lowest BCUT2D eigenvalue weighted by Gasteiger charge is -2.04. The number of halogens is 1. The van der Waals surface area contributed by atoms with Crippen molar-refractivity contribution in [3.8, 4) is 11.8 Å². The van der Waals surface area contributed by atoms with E-state index in [0.717, 1.165) is 16.5 Å². The Bertz CT molecular complexity index is 823. The fraction of sp³-hybridized carbons (Fsp3) is 0.0526. The monoisotopic (exact) mass is 384 g/mol. The van der Waals surface area contributed by atoms with Crippen LogP contribution in [-0.4, -0.2) is 5.11 Å². The number of hydrogen-bond donors (Lipinski definition) is 1. The van der Waals surface area contributed by atoms with Crippen LogP contribution in [0.5, 0.6) is 0 Å². The van der Waals surface area contributed by atoms with Crippen LogP contribution in [0.15, 0.2) is 66.7 Å². The predicted molar refractivity (Wildman–Crippen MR) is 94.9 cm³/mol. The normalized spacial score (nSPS) is 11.7. The van der Waals surface area contributed by atoms with E-state index in [1.54, 1.807) is 0 Å². The topological polar surface area (TPSA) is 20.2 Å². The molecule has 0 aromatic heterocycles. The molecule has 1 atom stereocenters. The molecule has 102 valence electrons. The summed E-state index contributed by atoms with van der Waals surface area (Å²) in [4.78, 5) is 0. The zero-order chi connectivity index (χ0) is 14.7. The second kappa shape index (κ2) is 6.30. The van der Waals surface area contributed by atoms with E-state index in [0.29, 0.717) is 0 Å². The van der Waals surface area contributed by atoms with Gasteiger partial charge in [0.2, 0.25) is 0 Å². The first-order valence-corrected chi connectivity index (χ1v) is 7.75. The highest BCUT2D eigenvalue weighted by Crippen LogP contribution is 2.24. The molecular formula is C19H13IO. The Labute approximate surface area is 137 Å². The van der Waals surface area contributed by atoms with Crippen molar-refractivity contribution in [2.24, 2.45) is 0 Å². The van der Waals surface area contributed by atoms with E-state index in [4.69, 9.17) is 0 Å². The van der Waals surface area contributed by atoms with Gasteiger partial charge in [-0.1, -0.05) is 66.4 Å². The molecular weight excluding hydrogens is 371 g/mol. The Balaban J connectivity index is 2.02. The van der Waals surface area contributed by atoms with Crippen molar-refractivity contribution in [3.05, 3.63) is 81.4 Å². The van der Waals surface area contributed by atoms with Gasteiger partial charge in [-0.05, 0) is 45.7 Å². The number of aliphatic hydroxyl groups excluding tert-OH is 1. The molecule has 0 radical (unpaired) electrons. The van der Waals surface area contributed by atoms with Gasteiger partial charge >= 0.3 is 0 Å². The molecule has 1 unspecified atom stereocenters. The quantitative estimate of drug-likeness (QED) is 0.483. The Morgan fingerprint density at radius 3 is 2.33 bits per heavy atom. The van der Waals surface area contributed by atoms with E-state index in [1.807, 2.05) is 48.5 Å². The van der Waals surface area contributed by atoms with Crippen LogP contribution in [0.1, 0.15) is 17.2 Å². The van der Waals surface area contributed by atoms with Crippen molar-refractivity contribution in [2.75, 3.05) is 0 Å². The lowest BCUT2D eigenvalue weighted by atomic mass is 10.0. The molecule has 0 heterocycles. The molecule has 0 spiro atoms. The predicted octanol–water partition coefficient (Wildman–Crippen LogP) is 4.53. The summed E-state index contributed by atoms with van der Waals surface area (Å²) in [7, 11) is 0. The third-order valence-corrected chi connectivity index (χ3v) is 4.21. The fourth-order valence-electron chi connectivity index (χ4n) is 2.26.